The van der Waals surface area contributed by atoms with Crippen molar-refractivity contribution in [1.82, 2.24) is 5.23 Å². The van der Waals surface area contributed by atoms with Crippen LogP contribution in [0.25, 0.3) is 0 Å². The Balaban J connectivity index is 3.26. The van der Waals surface area contributed by atoms with E-state index in [1.165, 1.54) is 0 Å². The molecule has 0 radical (unpaired) electrons. The summed E-state index contributed by atoms with van der Waals surface area (Å²) in [5.74, 6) is 0. The molecule has 2 amide bonds. The lowest BCUT2D eigenvalue weighted by Crippen LogP contribution is -2.28. The molecule has 0 bridgehead atoms. The summed E-state index contributed by atoms with van der Waals surface area (Å²) >= 11 is 0. The maximum atomic E-state index is 9.35. The normalized spacial score (nSPS) is 7.67. The molecule has 0 unspecified atom stereocenters. The van der Waals surface area contributed by atoms with Crippen molar-refractivity contribution in [1.29, 1.82) is 0 Å². The van der Waals surface area contributed by atoms with Crippen LogP contribution in [-0.4, -0.2) is 21.7 Å². The third kappa shape index (κ3) is 1.50. The van der Waals surface area contributed by atoms with Crippen LogP contribution < -0.4 is 5.73 Å². The summed E-state index contributed by atoms with van der Waals surface area (Å²) in [6, 6.07) is -1.30. The predicted molar refractivity (Wildman–Crippen MR) is 15.0 cm³/mol. The van der Waals surface area contributed by atoms with Gasteiger partial charge in [-0.2, -0.15) is 0 Å². The van der Waals surface area contributed by atoms with Crippen molar-refractivity contribution in [3.05, 3.63) is 0 Å². The number of carbonyl (C=O) groups excluding carboxylic acids is 1. The zero-order valence-corrected chi connectivity index (χ0v) is 2.83. The molecule has 4 N–H and O–H groups in total. The van der Waals surface area contributed by atoms with Gasteiger partial charge in [0.1, 0.15) is 0 Å². The first-order valence-corrected chi connectivity index (χ1v) is 1.12. The summed E-state index contributed by atoms with van der Waals surface area (Å²) in [5, 5.41) is 14.4. The molecule has 0 fully saturated rings. The number of urea groups is 1. The highest BCUT2D eigenvalue weighted by Gasteiger charge is 1.94. The van der Waals surface area contributed by atoms with Crippen LogP contribution in [0.15, 0.2) is 0 Å². The molecule has 0 aliphatic carbocycles. The number of amides is 2. The minimum absolute atomic E-state index is 0.694. The van der Waals surface area contributed by atoms with Crippen molar-refractivity contribution >= 4 is 6.03 Å². The van der Waals surface area contributed by atoms with Gasteiger partial charge >= 0.3 is 6.03 Å². The molecular formula is CH4N2O3. The van der Waals surface area contributed by atoms with Crippen molar-refractivity contribution in [2.75, 3.05) is 0 Å². The number of primary amides is 1. The van der Waals surface area contributed by atoms with Gasteiger partial charge in [-0.05, 0) is 0 Å². The maximum absolute atomic E-state index is 9.35. The van der Waals surface area contributed by atoms with Crippen LogP contribution in [0.5, 0.6) is 0 Å². The van der Waals surface area contributed by atoms with Gasteiger partial charge in [0.05, 0.1) is 0 Å². The Labute approximate surface area is 33.5 Å². The number of rotatable bonds is 0. The van der Waals surface area contributed by atoms with E-state index in [0.717, 1.165) is 0 Å². The van der Waals surface area contributed by atoms with Gasteiger partial charge in [-0.1, -0.05) is 5.23 Å². The second kappa shape index (κ2) is 1.58. The molecule has 5 heteroatoms. The van der Waals surface area contributed by atoms with Crippen molar-refractivity contribution in [2.45, 2.75) is 0 Å². The van der Waals surface area contributed by atoms with Crippen molar-refractivity contribution < 1.29 is 15.2 Å². The minimum atomic E-state index is -1.30. The molecule has 0 atom stereocenters. The fourth-order valence-corrected chi connectivity index (χ4v) is 0. The van der Waals surface area contributed by atoms with E-state index in [1.54, 1.807) is 0 Å². The lowest BCUT2D eigenvalue weighted by Gasteiger charge is -1.96. The summed E-state index contributed by atoms with van der Waals surface area (Å²) in [7, 11) is 0. The molecule has 0 aromatic carbocycles. The van der Waals surface area contributed by atoms with E-state index in [-0.39, 0.29) is 0 Å². The lowest BCUT2D eigenvalue weighted by molar-refractivity contribution is -0.256. The Morgan fingerprint density at radius 2 is 1.83 bits per heavy atom. The molecule has 0 saturated carbocycles. The second-order valence-corrected chi connectivity index (χ2v) is 0.628. The van der Waals surface area contributed by atoms with Crippen LogP contribution in [0, 0.1) is 0 Å². The summed E-state index contributed by atoms with van der Waals surface area (Å²) in [4.78, 5) is 9.35. The van der Waals surface area contributed by atoms with Gasteiger partial charge in [-0.15, -0.1) is 0 Å². The Kier molecular flexibility index (Phi) is 1.37. The molecule has 0 rings (SSSR count). The molecule has 5 nitrogen and oxygen atoms in total. The Morgan fingerprint density at radius 3 is 1.83 bits per heavy atom. The van der Waals surface area contributed by atoms with Gasteiger partial charge in [0.15, 0.2) is 0 Å². The van der Waals surface area contributed by atoms with Gasteiger partial charge in [0, 0.05) is 0 Å². The van der Waals surface area contributed by atoms with E-state index in [4.69, 9.17) is 10.4 Å². The quantitative estimate of drug-likeness (QED) is 0.268. The Morgan fingerprint density at radius 1 is 1.67 bits per heavy atom. The fourth-order valence-electron chi connectivity index (χ4n) is 0. The number of nitrogens with two attached hydrogens (primary N) is 1. The number of hydrogen-bond donors (Lipinski definition) is 3. The molecule has 0 aromatic heterocycles. The predicted octanol–water partition coefficient (Wildman–Crippen LogP) is -0.854. The van der Waals surface area contributed by atoms with Crippen LogP contribution in [0.3, 0.4) is 0 Å². The zero-order chi connectivity index (χ0) is 5.15. The van der Waals surface area contributed by atoms with Crippen LogP contribution in [0.4, 0.5) is 4.79 Å². The maximum Gasteiger partial charge on any atom is 0.363 e. The van der Waals surface area contributed by atoms with E-state index in [9.17, 15) is 4.79 Å². The number of carbonyl (C=O) groups is 1. The van der Waals surface area contributed by atoms with E-state index < -0.39 is 11.3 Å². The molecule has 0 aliphatic heterocycles. The minimum Gasteiger partial charge on any atom is -0.348 e. The summed E-state index contributed by atoms with van der Waals surface area (Å²) in [6.45, 7) is 0. The monoisotopic (exact) mass is 92.0 g/mol. The summed E-state index contributed by atoms with van der Waals surface area (Å²) in [5.41, 5.74) is 4.22. The van der Waals surface area contributed by atoms with Crippen molar-refractivity contribution in [3.63, 3.8) is 0 Å². The Bertz CT molecular complexity index is 59.8. The lowest BCUT2D eigenvalue weighted by atomic mass is 11.1. The first-order chi connectivity index (χ1) is 2.64. The highest BCUT2D eigenvalue weighted by molar-refractivity contribution is 5.69. The number of hydrogen-bond acceptors (Lipinski definition) is 3. The first kappa shape index (κ1) is 5.19. The average molecular weight is 92.1 g/mol. The topological polar surface area (TPSA) is 86.8 Å². The van der Waals surface area contributed by atoms with Gasteiger partial charge < -0.3 is 5.73 Å². The zero-order valence-electron chi connectivity index (χ0n) is 2.83. The molecular weight excluding hydrogens is 88.0 g/mol. The van der Waals surface area contributed by atoms with Crippen LogP contribution in [0.1, 0.15) is 0 Å². The van der Waals surface area contributed by atoms with Gasteiger partial charge in [-0.3, -0.25) is 10.4 Å². The van der Waals surface area contributed by atoms with E-state index in [1.807, 2.05) is 0 Å². The molecule has 0 aromatic rings. The van der Waals surface area contributed by atoms with Crippen LogP contribution in [0.2, 0.25) is 0 Å². The SMILES string of the molecule is NC(=O)N(O)O. The average Bonchev–Trinajstić information content (AvgIpc) is 1.36. The van der Waals surface area contributed by atoms with E-state index >= 15 is 0 Å². The second-order valence-electron chi connectivity index (χ2n) is 0.628. The third-order valence-corrected chi connectivity index (χ3v) is 0.197. The standard InChI is InChI=1S/CH4N2O3/c2-1(4)3(5)6/h5-6H,(H2,2,4). The highest BCUT2D eigenvalue weighted by atomic mass is 16.8. The highest BCUT2D eigenvalue weighted by Crippen LogP contribution is 1.63. The molecule has 0 spiro atoms. The summed E-state index contributed by atoms with van der Waals surface area (Å²) in [6.07, 6.45) is 0. The number of nitrogens with zero attached hydrogens (tertiary/aromatic N) is 1. The van der Waals surface area contributed by atoms with E-state index in [2.05, 4.69) is 5.73 Å². The van der Waals surface area contributed by atoms with Crippen molar-refractivity contribution in [2.24, 2.45) is 5.73 Å². The van der Waals surface area contributed by atoms with Gasteiger partial charge in [0.2, 0.25) is 0 Å². The molecule has 0 heterocycles. The number of hydroxylamine groups is 2. The van der Waals surface area contributed by atoms with Gasteiger partial charge in [-0.25, -0.2) is 4.79 Å². The molecule has 36 valence electrons. The molecule has 0 saturated heterocycles. The molecule has 0 aliphatic rings. The Hall–Kier alpha value is -0.810. The largest absolute Gasteiger partial charge is 0.363 e. The smallest absolute Gasteiger partial charge is 0.348 e. The van der Waals surface area contributed by atoms with Gasteiger partial charge in [0.25, 0.3) is 0 Å². The first-order valence-electron chi connectivity index (χ1n) is 1.12. The third-order valence-electron chi connectivity index (χ3n) is 0.197. The van der Waals surface area contributed by atoms with E-state index in [0.29, 0.717) is 0 Å². The molecule has 6 heavy (non-hydrogen) atoms. The van der Waals surface area contributed by atoms with Crippen LogP contribution in [-0.2, 0) is 0 Å². The van der Waals surface area contributed by atoms with Crippen LogP contribution >= 0.6 is 0 Å². The van der Waals surface area contributed by atoms with Crippen molar-refractivity contribution in [3.8, 4) is 0 Å². The summed E-state index contributed by atoms with van der Waals surface area (Å²) < 4.78 is 0. The fraction of sp³-hybridized carbons (Fsp3) is 0.